The number of nitrogens with one attached hydrogen (secondary N) is 2. The molecule has 0 bridgehead atoms. The number of nitriles is 1. The average Bonchev–Trinajstić information content (AvgIpc) is 3.06. The number of alkyl halides is 1. The number of nitrogens with zero attached hydrogens (tertiary/aromatic N) is 6. The van der Waals surface area contributed by atoms with Crippen LogP contribution in [0.2, 0.25) is 0 Å². The van der Waals surface area contributed by atoms with E-state index in [0.29, 0.717) is 49.4 Å². The number of piperazine rings is 1. The van der Waals surface area contributed by atoms with Crippen molar-refractivity contribution in [2.24, 2.45) is 0 Å². The van der Waals surface area contributed by atoms with Gasteiger partial charge >= 0.3 is 6.03 Å². The van der Waals surface area contributed by atoms with Crippen LogP contribution in [0.3, 0.4) is 0 Å². The molecule has 6 rings (SSSR count). The van der Waals surface area contributed by atoms with Gasteiger partial charge in [0, 0.05) is 75.9 Å². The van der Waals surface area contributed by atoms with Gasteiger partial charge in [0.05, 0.1) is 38.0 Å². The van der Waals surface area contributed by atoms with Gasteiger partial charge in [0.25, 0.3) is 0 Å². The molecule has 13 heteroatoms. The summed E-state index contributed by atoms with van der Waals surface area (Å²) < 4.78 is 31.2. The number of urea groups is 1. The molecule has 0 saturated carbocycles. The summed E-state index contributed by atoms with van der Waals surface area (Å²) in [6, 6.07) is 17.5. The predicted octanol–water partition coefficient (Wildman–Crippen LogP) is 3.43. The number of piperidine rings is 1. The molecule has 242 valence electrons. The molecule has 0 unspecified atom stereocenters. The van der Waals surface area contributed by atoms with E-state index in [0.717, 1.165) is 45.1 Å². The van der Waals surface area contributed by atoms with E-state index in [4.69, 9.17) is 14.2 Å². The van der Waals surface area contributed by atoms with Crippen LogP contribution in [0.25, 0.3) is 11.4 Å². The minimum atomic E-state index is -1.40. The van der Waals surface area contributed by atoms with Gasteiger partial charge < -0.3 is 34.6 Å². The third kappa shape index (κ3) is 7.47. The zero-order valence-electron chi connectivity index (χ0n) is 25.9. The van der Waals surface area contributed by atoms with Gasteiger partial charge in [-0.3, -0.25) is 4.90 Å². The first-order valence-electron chi connectivity index (χ1n) is 15.6. The van der Waals surface area contributed by atoms with E-state index < -0.39 is 12.3 Å². The molecule has 2 atom stereocenters. The second-order valence-corrected chi connectivity index (χ2v) is 11.6. The summed E-state index contributed by atoms with van der Waals surface area (Å²) in [7, 11) is 1.55. The lowest BCUT2D eigenvalue weighted by Gasteiger charge is -2.43. The summed E-state index contributed by atoms with van der Waals surface area (Å²) in [5, 5.41) is 15.9. The van der Waals surface area contributed by atoms with Crippen molar-refractivity contribution in [3.63, 3.8) is 0 Å². The second-order valence-electron chi connectivity index (χ2n) is 11.6. The lowest BCUT2D eigenvalue weighted by molar-refractivity contribution is -0.0660. The number of carbonyl (C=O) groups excluding carboxylic acids is 1. The third-order valence-electron chi connectivity index (χ3n) is 8.60. The number of benzene rings is 2. The Hall–Kier alpha value is -4.51. The first-order valence-corrected chi connectivity index (χ1v) is 15.6. The first kappa shape index (κ1) is 31.5. The maximum atomic E-state index is 15.0. The number of methoxy groups -OCH3 is 1. The Labute approximate surface area is 268 Å². The highest BCUT2D eigenvalue weighted by Crippen LogP contribution is 2.29. The van der Waals surface area contributed by atoms with Crippen molar-refractivity contribution in [2.75, 3.05) is 83.0 Å². The molecule has 4 heterocycles. The fourth-order valence-corrected chi connectivity index (χ4v) is 5.84. The zero-order chi connectivity index (χ0) is 31.9. The van der Waals surface area contributed by atoms with Crippen molar-refractivity contribution in [1.29, 1.82) is 5.26 Å². The van der Waals surface area contributed by atoms with Gasteiger partial charge in [0.1, 0.15) is 23.7 Å². The van der Waals surface area contributed by atoms with Crippen molar-refractivity contribution in [3.05, 3.63) is 60.3 Å². The highest BCUT2D eigenvalue weighted by atomic mass is 19.1. The summed E-state index contributed by atoms with van der Waals surface area (Å²) in [5.41, 5.74) is 2.98. The Morgan fingerprint density at radius 2 is 1.91 bits per heavy atom. The fourth-order valence-electron chi connectivity index (χ4n) is 5.84. The normalized spacial score (nSPS) is 20.5. The smallest absolute Gasteiger partial charge is 0.317 e. The summed E-state index contributed by atoms with van der Waals surface area (Å²) in [5.74, 6) is 1.34. The van der Waals surface area contributed by atoms with Gasteiger partial charge in [-0.1, -0.05) is 0 Å². The fraction of sp³-hybridized carbons (Fsp3) is 0.455. The summed E-state index contributed by atoms with van der Waals surface area (Å²) in [6.07, 6.45) is -0.209. The number of hydrogen-bond donors (Lipinski definition) is 2. The zero-order valence-corrected chi connectivity index (χ0v) is 25.9. The summed E-state index contributed by atoms with van der Waals surface area (Å²) >= 11 is 0. The van der Waals surface area contributed by atoms with Crippen LogP contribution in [0.4, 0.5) is 26.4 Å². The number of anilines is 3. The number of rotatable bonds is 10. The van der Waals surface area contributed by atoms with Crippen LogP contribution >= 0.6 is 0 Å². The van der Waals surface area contributed by atoms with E-state index in [-0.39, 0.29) is 23.9 Å². The number of halogens is 1. The van der Waals surface area contributed by atoms with E-state index in [1.54, 1.807) is 37.6 Å². The van der Waals surface area contributed by atoms with Gasteiger partial charge in [-0.15, -0.1) is 0 Å². The molecule has 3 aromatic rings. The molecule has 2 N–H and O–H groups in total. The lowest BCUT2D eigenvalue weighted by Crippen LogP contribution is -2.56. The van der Waals surface area contributed by atoms with E-state index in [1.165, 1.54) is 10.6 Å². The number of carbonyl (C=O) groups is 1. The van der Waals surface area contributed by atoms with Crippen LogP contribution in [0, 0.1) is 11.3 Å². The minimum absolute atomic E-state index is 0.0899. The monoisotopic (exact) mass is 630 g/mol. The number of ether oxygens (including phenoxy) is 3. The standard InChI is InChI=1S/C33H39FN8O4/c1-44-17-11-37-33(43)42-12-9-30(28(34)20-42)46-29-7-2-23(18-24(29)19-35)32-36-10-8-31(39-32)38-25-3-5-26(6-4-25)40-13-15-41(16-14-40)27-21-45-22-27/h2-8,10,18,27-28,30H,9,11-17,20-22H2,1H3,(H,37,43)(H,36,38,39)/t28-,30+/m1/s1. The van der Waals surface area contributed by atoms with Crippen molar-refractivity contribution >= 4 is 23.2 Å². The molecule has 1 aromatic heterocycles. The quantitative estimate of drug-likeness (QED) is 0.322. The van der Waals surface area contributed by atoms with Crippen LogP contribution < -0.4 is 20.3 Å². The Kier molecular flexibility index (Phi) is 10.1. The Bertz CT molecular complexity index is 1520. The van der Waals surface area contributed by atoms with Gasteiger partial charge in [-0.05, 0) is 48.5 Å². The predicted molar refractivity (Wildman–Crippen MR) is 171 cm³/mol. The first-order chi connectivity index (χ1) is 22.5. The molecular formula is C33H39FN8O4. The molecule has 2 amide bonds. The molecule has 3 saturated heterocycles. The third-order valence-corrected chi connectivity index (χ3v) is 8.60. The van der Waals surface area contributed by atoms with Gasteiger partial charge in [-0.2, -0.15) is 5.26 Å². The number of likely N-dealkylation sites (tertiary alicyclic amines) is 1. The molecule has 0 spiro atoms. The summed E-state index contributed by atoms with van der Waals surface area (Å²) in [6.45, 7) is 6.77. The van der Waals surface area contributed by atoms with Crippen LogP contribution in [0.1, 0.15) is 12.0 Å². The molecule has 46 heavy (non-hydrogen) atoms. The van der Waals surface area contributed by atoms with E-state index in [9.17, 15) is 10.1 Å². The Morgan fingerprint density at radius 3 is 2.61 bits per heavy atom. The Balaban J connectivity index is 1.05. The van der Waals surface area contributed by atoms with Gasteiger partial charge in [-0.25, -0.2) is 19.2 Å². The maximum Gasteiger partial charge on any atom is 0.317 e. The van der Waals surface area contributed by atoms with E-state index >= 15 is 4.39 Å². The molecule has 0 aliphatic carbocycles. The van der Waals surface area contributed by atoms with Crippen LogP contribution in [-0.2, 0) is 9.47 Å². The second kappa shape index (κ2) is 14.7. The molecule has 0 radical (unpaired) electrons. The largest absolute Gasteiger partial charge is 0.486 e. The van der Waals surface area contributed by atoms with Crippen LogP contribution in [-0.4, -0.2) is 117 Å². The van der Waals surface area contributed by atoms with Gasteiger partial charge in [0.15, 0.2) is 12.0 Å². The van der Waals surface area contributed by atoms with Crippen LogP contribution in [0.15, 0.2) is 54.7 Å². The number of amides is 2. The molecule has 12 nitrogen and oxygen atoms in total. The lowest BCUT2D eigenvalue weighted by atomic mass is 10.1. The average molecular weight is 631 g/mol. The van der Waals surface area contributed by atoms with E-state index in [2.05, 4.69) is 48.6 Å². The van der Waals surface area contributed by atoms with Crippen molar-refractivity contribution in [1.82, 2.24) is 25.1 Å². The molecule has 3 aliphatic rings. The molecular weight excluding hydrogens is 591 g/mol. The number of hydrogen-bond acceptors (Lipinski definition) is 10. The van der Waals surface area contributed by atoms with Crippen molar-refractivity contribution < 1.29 is 23.4 Å². The van der Waals surface area contributed by atoms with Crippen molar-refractivity contribution in [2.45, 2.75) is 24.7 Å². The molecule has 3 aliphatic heterocycles. The molecule has 2 aromatic carbocycles. The SMILES string of the molecule is COCCNC(=O)N1CC[C@H](Oc2ccc(-c3nccc(Nc4ccc(N5CCN(C6COC6)CC5)cc4)n3)cc2C#N)[C@H](F)C1. The highest BCUT2D eigenvalue weighted by Gasteiger charge is 2.33. The van der Waals surface area contributed by atoms with E-state index in [1.807, 2.05) is 12.1 Å². The minimum Gasteiger partial charge on any atom is -0.486 e. The summed E-state index contributed by atoms with van der Waals surface area (Å²) in [4.78, 5) is 27.7. The van der Waals surface area contributed by atoms with Gasteiger partial charge in [0.2, 0.25) is 0 Å². The van der Waals surface area contributed by atoms with Crippen molar-refractivity contribution in [3.8, 4) is 23.2 Å². The maximum absolute atomic E-state index is 15.0. The Morgan fingerprint density at radius 1 is 1.11 bits per heavy atom. The number of aromatic nitrogens is 2. The molecule has 3 fully saturated rings. The van der Waals surface area contributed by atoms with Crippen LogP contribution in [0.5, 0.6) is 5.75 Å². The topological polar surface area (TPSA) is 128 Å². The highest BCUT2D eigenvalue weighted by molar-refractivity contribution is 5.74.